The van der Waals surface area contributed by atoms with Gasteiger partial charge in [-0.1, -0.05) is 0 Å². The number of anilines is 2. The molecule has 0 aliphatic rings. The Morgan fingerprint density at radius 2 is 1.88 bits per heavy atom. The van der Waals surface area contributed by atoms with Gasteiger partial charge in [0.1, 0.15) is 17.3 Å². The number of nitrogens with zero attached hydrogens (tertiary/aromatic N) is 3. The number of rotatable bonds is 5. The maximum Gasteiger partial charge on any atom is 0.256 e. The summed E-state index contributed by atoms with van der Waals surface area (Å²) in [4.78, 5) is 29.4. The molecule has 2 amide bonds. The Balaban J connectivity index is 1.80. The van der Waals surface area contributed by atoms with E-state index in [1.165, 1.54) is 25.1 Å². The number of carbonyl (C=O) groups excluding carboxylic acids is 2. The van der Waals surface area contributed by atoms with Crippen LogP contribution in [0.15, 0.2) is 40.9 Å². The van der Waals surface area contributed by atoms with Gasteiger partial charge in [-0.15, -0.1) is 0 Å². The van der Waals surface area contributed by atoms with Crippen LogP contribution in [-0.2, 0) is 4.79 Å². The van der Waals surface area contributed by atoms with E-state index in [2.05, 4.69) is 15.7 Å². The van der Waals surface area contributed by atoms with Gasteiger partial charge in [0.25, 0.3) is 5.91 Å². The van der Waals surface area contributed by atoms with Gasteiger partial charge in [-0.3, -0.25) is 9.59 Å². The van der Waals surface area contributed by atoms with Crippen molar-refractivity contribution in [3.05, 3.63) is 59.4 Å². The Morgan fingerprint density at radius 1 is 1.12 bits per heavy atom. The predicted molar refractivity (Wildman–Crippen MR) is 124 cm³/mol. The van der Waals surface area contributed by atoms with Crippen LogP contribution in [0.5, 0.6) is 0 Å². The molecule has 33 heavy (non-hydrogen) atoms. The maximum atomic E-state index is 14.0. The average molecular weight is 449 g/mol. The van der Waals surface area contributed by atoms with Gasteiger partial charge in [0.2, 0.25) is 5.91 Å². The third-order valence-corrected chi connectivity index (χ3v) is 5.15. The number of benzene rings is 1. The van der Waals surface area contributed by atoms with Gasteiger partial charge < -0.3 is 15.1 Å². The molecule has 0 spiro atoms. The molecular weight excluding hydrogens is 425 g/mol. The molecule has 4 aromatic rings. The van der Waals surface area contributed by atoms with E-state index in [1.54, 1.807) is 16.9 Å². The predicted octanol–water partition coefficient (Wildman–Crippen LogP) is 5.24. The van der Waals surface area contributed by atoms with Crippen molar-refractivity contribution < 1.29 is 18.4 Å². The van der Waals surface area contributed by atoms with Crippen molar-refractivity contribution in [2.24, 2.45) is 0 Å². The summed E-state index contributed by atoms with van der Waals surface area (Å²) >= 11 is 0. The van der Waals surface area contributed by atoms with E-state index in [0.29, 0.717) is 33.7 Å². The summed E-state index contributed by atoms with van der Waals surface area (Å²) in [6.07, 6.45) is 1.61. The molecule has 0 saturated carbocycles. The lowest BCUT2D eigenvalue weighted by atomic mass is 10.1. The van der Waals surface area contributed by atoms with Crippen molar-refractivity contribution in [3.8, 4) is 11.3 Å². The SMILES string of the molecule is CC(=O)Nc1cc(NC(=O)c2cc(-c3cc(C)oc3C)nc3c2cnn3C(C)C)ccc1F. The van der Waals surface area contributed by atoms with Crippen LogP contribution in [0.1, 0.15) is 48.7 Å². The van der Waals surface area contributed by atoms with Crippen LogP contribution in [-0.4, -0.2) is 26.6 Å². The lowest BCUT2D eigenvalue weighted by Gasteiger charge is -2.12. The first kappa shape index (κ1) is 22.2. The molecule has 3 heterocycles. The molecule has 8 nitrogen and oxygen atoms in total. The summed E-state index contributed by atoms with van der Waals surface area (Å²) < 4.78 is 21.4. The molecule has 0 radical (unpaired) electrons. The van der Waals surface area contributed by atoms with E-state index in [9.17, 15) is 14.0 Å². The fourth-order valence-electron chi connectivity index (χ4n) is 3.69. The van der Waals surface area contributed by atoms with E-state index in [0.717, 1.165) is 11.3 Å². The molecule has 3 aromatic heterocycles. The quantitative estimate of drug-likeness (QED) is 0.434. The highest BCUT2D eigenvalue weighted by Gasteiger charge is 2.21. The van der Waals surface area contributed by atoms with E-state index < -0.39 is 17.6 Å². The molecule has 0 atom stereocenters. The summed E-state index contributed by atoms with van der Waals surface area (Å²) in [6.45, 7) is 8.94. The highest BCUT2D eigenvalue weighted by Crippen LogP contribution is 2.30. The zero-order valence-corrected chi connectivity index (χ0v) is 19.0. The number of pyridine rings is 1. The smallest absolute Gasteiger partial charge is 0.256 e. The minimum atomic E-state index is -0.596. The highest BCUT2D eigenvalue weighted by atomic mass is 19.1. The van der Waals surface area contributed by atoms with Crippen LogP contribution in [0.3, 0.4) is 0 Å². The van der Waals surface area contributed by atoms with Crippen molar-refractivity contribution in [3.63, 3.8) is 0 Å². The number of hydrogen-bond donors (Lipinski definition) is 2. The standard InChI is InChI=1S/C24H24FN5O3/c1-12(2)30-23-19(11-26-30)18(10-21(29-23)17-8-13(3)33-14(17)4)24(32)28-16-6-7-20(25)22(9-16)27-15(5)31/h6-12H,1-5H3,(H,27,31)(H,28,32). The zero-order valence-electron chi connectivity index (χ0n) is 19.0. The highest BCUT2D eigenvalue weighted by molar-refractivity contribution is 6.12. The lowest BCUT2D eigenvalue weighted by Crippen LogP contribution is -2.14. The summed E-state index contributed by atoms with van der Waals surface area (Å²) in [5.41, 5.74) is 2.63. The van der Waals surface area contributed by atoms with Crippen molar-refractivity contribution in [1.29, 1.82) is 0 Å². The second-order valence-electron chi connectivity index (χ2n) is 8.13. The van der Waals surface area contributed by atoms with Gasteiger partial charge >= 0.3 is 0 Å². The zero-order chi connectivity index (χ0) is 23.9. The van der Waals surface area contributed by atoms with Gasteiger partial charge in [0.15, 0.2) is 5.65 Å². The number of aryl methyl sites for hydroxylation is 2. The van der Waals surface area contributed by atoms with Crippen LogP contribution in [0.2, 0.25) is 0 Å². The first-order valence-corrected chi connectivity index (χ1v) is 10.5. The van der Waals surface area contributed by atoms with Crippen molar-refractivity contribution in [2.75, 3.05) is 10.6 Å². The molecule has 9 heteroatoms. The number of halogens is 1. The topological polar surface area (TPSA) is 102 Å². The number of furan rings is 1. The summed E-state index contributed by atoms with van der Waals surface area (Å²) in [6, 6.07) is 7.59. The first-order valence-electron chi connectivity index (χ1n) is 10.5. The average Bonchev–Trinajstić information content (AvgIpc) is 3.31. The Morgan fingerprint density at radius 3 is 2.52 bits per heavy atom. The Bertz CT molecular complexity index is 1390. The van der Waals surface area contributed by atoms with Gasteiger partial charge in [0.05, 0.1) is 28.5 Å². The summed E-state index contributed by atoms with van der Waals surface area (Å²) in [5, 5.41) is 10.2. The number of carbonyl (C=O) groups is 2. The Kier molecular flexibility index (Phi) is 5.71. The molecule has 2 N–H and O–H groups in total. The van der Waals surface area contributed by atoms with Crippen LogP contribution in [0.4, 0.5) is 15.8 Å². The van der Waals surface area contributed by atoms with Crippen molar-refractivity contribution >= 4 is 34.2 Å². The number of fused-ring (bicyclic) bond motifs is 1. The van der Waals surface area contributed by atoms with E-state index in [1.807, 2.05) is 33.8 Å². The molecule has 0 aliphatic carbocycles. The summed E-state index contributed by atoms with van der Waals surface area (Å²) in [5.74, 6) is 0.0140. The Labute approximate surface area is 189 Å². The molecule has 0 aliphatic heterocycles. The van der Waals surface area contributed by atoms with Crippen molar-refractivity contribution in [1.82, 2.24) is 14.8 Å². The maximum absolute atomic E-state index is 14.0. The van der Waals surface area contributed by atoms with Gasteiger partial charge in [-0.2, -0.15) is 5.10 Å². The molecule has 0 fully saturated rings. The third-order valence-electron chi connectivity index (χ3n) is 5.15. The summed E-state index contributed by atoms with van der Waals surface area (Å²) in [7, 11) is 0. The van der Waals surface area contributed by atoms with E-state index in [4.69, 9.17) is 9.40 Å². The fraction of sp³-hybridized carbons (Fsp3) is 0.250. The van der Waals surface area contributed by atoms with Crippen molar-refractivity contribution in [2.45, 2.75) is 40.7 Å². The molecule has 0 bridgehead atoms. The normalized spacial score (nSPS) is 11.2. The van der Waals surface area contributed by atoms with Gasteiger partial charge in [-0.25, -0.2) is 14.1 Å². The second-order valence-corrected chi connectivity index (χ2v) is 8.13. The monoisotopic (exact) mass is 449 g/mol. The van der Waals surface area contributed by atoms with E-state index in [-0.39, 0.29) is 11.7 Å². The van der Waals surface area contributed by atoms with Crippen LogP contribution < -0.4 is 10.6 Å². The molecular formula is C24H24FN5O3. The largest absolute Gasteiger partial charge is 0.466 e. The molecule has 4 rings (SSSR count). The number of aromatic nitrogens is 3. The second kappa shape index (κ2) is 8.50. The number of amides is 2. The van der Waals surface area contributed by atoms with Crippen LogP contribution in [0.25, 0.3) is 22.3 Å². The number of hydrogen-bond acceptors (Lipinski definition) is 5. The molecule has 170 valence electrons. The van der Waals surface area contributed by atoms with Crippen LogP contribution >= 0.6 is 0 Å². The fourth-order valence-corrected chi connectivity index (χ4v) is 3.69. The third kappa shape index (κ3) is 4.34. The van der Waals surface area contributed by atoms with Gasteiger partial charge in [-0.05, 0) is 58.0 Å². The molecule has 0 saturated heterocycles. The molecule has 1 aromatic carbocycles. The molecule has 0 unspecified atom stereocenters. The minimum Gasteiger partial charge on any atom is -0.466 e. The van der Waals surface area contributed by atoms with E-state index >= 15 is 0 Å². The minimum absolute atomic E-state index is 0.0158. The van der Waals surface area contributed by atoms with Crippen LogP contribution in [0, 0.1) is 19.7 Å². The Hall–Kier alpha value is -4.01. The van der Waals surface area contributed by atoms with Gasteiger partial charge in [0, 0.05) is 24.2 Å². The number of nitrogens with one attached hydrogen (secondary N) is 2. The lowest BCUT2D eigenvalue weighted by molar-refractivity contribution is -0.114. The first-order chi connectivity index (χ1) is 15.6.